The van der Waals surface area contributed by atoms with Crippen molar-refractivity contribution in [2.75, 3.05) is 11.9 Å². The SMILES string of the molecule is CCOC(=O)c1sc(NC(=O)c2csc(-c3ccoc3)n2)nc1-c1ccccc1. The Morgan fingerprint density at radius 2 is 1.97 bits per heavy atom. The van der Waals surface area contributed by atoms with Gasteiger partial charge in [-0.25, -0.2) is 14.8 Å². The van der Waals surface area contributed by atoms with Gasteiger partial charge in [-0.15, -0.1) is 11.3 Å². The number of nitrogens with one attached hydrogen (secondary N) is 1. The molecular formula is C20H15N3O4S2. The molecule has 0 atom stereocenters. The summed E-state index contributed by atoms with van der Waals surface area (Å²) in [6, 6.07) is 11.1. The van der Waals surface area contributed by atoms with Gasteiger partial charge in [-0.1, -0.05) is 41.7 Å². The van der Waals surface area contributed by atoms with Crippen LogP contribution in [0.2, 0.25) is 0 Å². The lowest BCUT2D eigenvalue weighted by Crippen LogP contribution is -2.12. The summed E-state index contributed by atoms with van der Waals surface area (Å²) in [5.41, 5.74) is 2.31. The van der Waals surface area contributed by atoms with E-state index < -0.39 is 11.9 Å². The monoisotopic (exact) mass is 425 g/mol. The molecule has 0 unspecified atom stereocenters. The normalized spacial score (nSPS) is 10.7. The van der Waals surface area contributed by atoms with E-state index in [1.807, 2.05) is 30.3 Å². The molecule has 0 saturated heterocycles. The third-order valence-electron chi connectivity index (χ3n) is 3.86. The van der Waals surface area contributed by atoms with Crippen molar-refractivity contribution in [1.29, 1.82) is 0 Å². The van der Waals surface area contributed by atoms with Crippen LogP contribution >= 0.6 is 22.7 Å². The van der Waals surface area contributed by atoms with Crippen LogP contribution in [0.25, 0.3) is 21.8 Å². The molecule has 0 bridgehead atoms. The molecular weight excluding hydrogens is 410 g/mol. The number of rotatable bonds is 6. The molecule has 0 fully saturated rings. The minimum atomic E-state index is -0.472. The van der Waals surface area contributed by atoms with Crippen molar-refractivity contribution >= 4 is 39.7 Å². The molecule has 0 radical (unpaired) electrons. The third kappa shape index (κ3) is 4.10. The summed E-state index contributed by atoms with van der Waals surface area (Å²) in [6.45, 7) is 1.99. The number of carbonyl (C=O) groups excluding carboxylic acids is 2. The molecule has 0 aliphatic carbocycles. The zero-order valence-corrected chi connectivity index (χ0v) is 16.9. The number of amides is 1. The van der Waals surface area contributed by atoms with Crippen LogP contribution in [0.1, 0.15) is 27.1 Å². The molecule has 7 nitrogen and oxygen atoms in total. The largest absolute Gasteiger partial charge is 0.472 e. The molecule has 0 saturated carbocycles. The zero-order valence-electron chi connectivity index (χ0n) is 15.2. The van der Waals surface area contributed by atoms with Crippen LogP contribution in [0, 0.1) is 0 Å². The lowest BCUT2D eigenvalue weighted by Gasteiger charge is -2.01. The minimum Gasteiger partial charge on any atom is -0.472 e. The fourth-order valence-corrected chi connectivity index (χ4v) is 4.22. The number of esters is 1. The number of benzene rings is 1. The van der Waals surface area contributed by atoms with Crippen LogP contribution in [0.15, 0.2) is 58.7 Å². The van der Waals surface area contributed by atoms with Gasteiger partial charge in [0, 0.05) is 16.5 Å². The molecule has 1 amide bonds. The highest BCUT2D eigenvalue weighted by molar-refractivity contribution is 7.18. The summed E-state index contributed by atoms with van der Waals surface area (Å²) < 4.78 is 10.2. The van der Waals surface area contributed by atoms with Gasteiger partial charge in [0.05, 0.1) is 18.6 Å². The Kier molecular flexibility index (Phi) is 5.50. The number of ether oxygens (including phenoxy) is 1. The maximum absolute atomic E-state index is 12.6. The van der Waals surface area contributed by atoms with Gasteiger partial charge >= 0.3 is 5.97 Å². The van der Waals surface area contributed by atoms with Gasteiger partial charge in [-0.05, 0) is 13.0 Å². The Morgan fingerprint density at radius 3 is 2.69 bits per heavy atom. The Hall–Kier alpha value is -3.30. The summed E-state index contributed by atoms with van der Waals surface area (Å²) in [5.74, 6) is -0.875. The van der Waals surface area contributed by atoms with Crippen molar-refractivity contribution in [3.05, 3.63) is 64.9 Å². The number of carbonyl (C=O) groups is 2. The van der Waals surface area contributed by atoms with Crippen LogP contribution in [-0.4, -0.2) is 28.5 Å². The van der Waals surface area contributed by atoms with Gasteiger partial charge in [0.15, 0.2) is 5.13 Å². The van der Waals surface area contributed by atoms with Crippen LogP contribution in [0.3, 0.4) is 0 Å². The van der Waals surface area contributed by atoms with Gasteiger partial charge in [-0.2, -0.15) is 0 Å². The maximum Gasteiger partial charge on any atom is 0.350 e. The molecule has 3 heterocycles. The first-order valence-corrected chi connectivity index (χ1v) is 10.4. The van der Waals surface area contributed by atoms with E-state index in [9.17, 15) is 9.59 Å². The average Bonchev–Trinajstić information content (AvgIpc) is 3.48. The minimum absolute atomic E-state index is 0.252. The molecule has 146 valence electrons. The number of aromatic nitrogens is 2. The van der Waals surface area contributed by atoms with Gasteiger partial charge in [-0.3, -0.25) is 10.1 Å². The number of furan rings is 1. The summed E-state index contributed by atoms with van der Waals surface area (Å²) in [5, 5.41) is 5.37. The van der Waals surface area contributed by atoms with E-state index >= 15 is 0 Å². The van der Waals surface area contributed by atoms with E-state index in [1.54, 1.807) is 30.9 Å². The molecule has 4 aromatic rings. The van der Waals surface area contributed by atoms with E-state index in [4.69, 9.17) is 9.15 Å². The van der Waals surface area contributed by atoms with Crippen molar-refractivity contribution in [2.24, 2.45) is 0 Å². The van der Waals surface area contributed by atoms with E-state index in [-0.39, 0.29) is 12.3 Å². The Bertz CT molecular complexity index is 1130. The summed E-state index contributed by atoms with van der Waals surface area (Å²) in [4.78, 5) is 34.1. The second-order valence-electron chi connectivity index (χ2n) is 5.79. The fourth-order valence-electron chi connectivity index (χ4n) is 2.56. The van der Waals surface area contributed by atoms with Crippen molar-refractivity contribution in [2.45, 2.75) is 6.92 Å². The second kappa shape index (κ2) is 8.38. The first-order valence-electron chi connectivity index (χ1n) is 8.68. The Labute approximate surface area is 174 Å². The highest BCUT2D eigenvalue weighted by Gasteiger charge is 2.22. The number of thiazole rings is 2. The first-order chi connectivity index (χ1) is 14.2. The Morgan fingerprint density at radius 1 is 1.14 bits per heavy atom. The van der Waals surface area contributed by atoms with Crippen LogP contribution in [0.4, 0.5) is 5.13 Å². The van der Waals surface area contributed by atoms with Crippen molar-refractivity contribution in [3.63, 3.8) is 0 Å². The standard InChI is InChI=1S/C20H15N3O4S2/c1-2-27-19(25)16-15(12-6-4-3-5-7-12)22-20(29-16)23-17(24)14-11-28-18(21-14)13-8-9-26-10-13/h3-11H,2H2,1H3,(H,22,23,24). The first kappa shape index (κ1) is 19.0. The molecule has 0 spiro atoms. The average molecular weight is 425 g/mol. The highest BCUT2D eigenvalue weighted by atomic mass is 32.1. The van der Waals surface area contributed by atoms with Crippen molar-refractivity contribution in [1.82, 2.24) is 9.97 Å². The number of hydrogen-bond acceptors (Lipinski definition) is 8. The lowest BCUT2D eigenvalue weighted by molar-refractivity contribution is 0.0532. The summed E-state index contributed by atoms with van der Waals surface area (Å²) in [7, 11) is 0. The predicted octanol–water partition coefficient (Wildman–Crippen LogP) is 4.96. The van der Waals surface area contributed by atoms with Crippen LogP contribution in [-0.2, 0) is 4.74 Å². The van der Waals surface area contributed by atoms with Gasteiger partial charge < -0.3 is 9.15 Å². The predicted molar refractivity (Wildman–Crippen MR) is 111 cm³/mol. The molecule has 9 heteroatoms. The molecule has 0 aliphatic rings. The van der Waals surface area contributed by atoms with Crippen LogP contribution in [0.5, 0.6) is 0 Å². The van der Waals surface area contributed by atoms with E-state index in [0.717, 1.165) is 22.5 Å². The topological polar surface area (TPSA) is 94.3 Å². The van der Waals surface area contributed by atoms with E-state index in [0.29, 0.717) is 20.7 Å². The zero-order chi connectivity index (χ0) is 20.2. The smallest absolute Gasteiger partial charge is 0.350 e. The van der Waals surface area contributed by atoms with Gasteiger partial charge in [0.2, 0.25) is 0 Å². The second-order valence-corrected chi connectivity index (χ2v) is 7.64. The van der Waals surface area contributed by atoms with E-state index in [1.165, 1.54) is 11.3 Å². The maximum atomic E-state index is 12.6. The molecule has 1 aromatic carbocycles. The van der Waals surface area contributed by atoms with Crippen molar-refractivity contribution in [3.8, 4) is 21.8 Å². The number of anilines is 1. The number of nitrogens with zero attached hydrogens (tertiary/aromatic N) is 2. The molecule has 0 aliphatic heterocycles. The fraction of sp³-hybridized carbons (Fsp3) is 0.100. The molecule has 4 rings (SSSR count). The summed E-state index contributed by atoms with van der Waals surface area (Å²) in [6.07, 6.45) is 3.12. The van der Waals surface area contributed by atoms with Crippen LogP contribution < -0.4 is 5.32 Å². The molecule has 1 N–H and O–H groups in total. The third-order valence-corrected chi connectivity index (χ3v) is 5.70. The molecule has 29 heavy (non-hydrogen) atoms. The quantitative estimate of drug-likeness (QED) is 0.439. The van der Waals surface area contributed by atoms with Gasteiger partial charge in [0.1, 0.15) is 21.8 Å². The number of hydrogen-bond donors (Lipinski definition) is 1. The highest BCUT2D eigenvalue weighted by Crippen LogP contribution is 2.32. The lowest BCUT2D eigenvalue weighted by atomic mass is 10.1. The molecule has 3 aromatic heterocycles. The van der Waals surface area contributed by atoms with E-state index in [2.05, 4.69) is 15.3 Å². The Balaban J connectivity index is 1.60. The summed E-state index contributed by atoms with van der Waals surface area (Å²) >= 11 is 2.41. The van der Waals surface area contributed by atoms with Gasteiger partial charge in [0.25, 0.3) is 5.91 Å². The van der Waals surface area contributed by atoms with Crippen molar-refractivity contribution < 1.29 is 18.7 Å².